The highest BCUT2D eigenvalue weighted by atomic mass is 32.2. The Hall–Kier alpha value is 0.877. The van der Waals surface area contributed by atoms with E-state index in [9.17, 15) is 0 Å². The number of hydrogen-bond acceptors (Lipinski definition) is 3. The van der Waals surface area contributed by atoms with Crippen LogP contribution in [0.5, 0.6) is 0 Å². The lowest BCUT2D eigenvalue weighted by Gasteiger charge is -2.25. The van der Waals surface area contributed by atoms with E-state index in [0.717, 1.165) is 11.8 Å². The molecule has 0 spiro atoms. The Labute approximate surface area is 62.0 Å². The average Bonchev–Trinajstić information content (AvgIpc) is 1.77. The summed E-state index contributed by atoms with van der Waals surface area (Å²) in [6.07, 6.45) is 0. The summed E-state index contributed by atoms with van der Waals surface area (Å²) in [6.45, 7) is 0. The van der Waals surface area contributed by atoms with Gasteiger partial charge < -0.3 is 0 Å². The van der Waals surface area contributed by atoms with E-state index in [1.807, 2.05) is 23.5 Å². The molecule has 1 aliphatic heterocycles. The Kier molecular flexibility index (Phi) is 2.75. The lowest BCUT2D eigenvalue weighted by Crippen LogP contribution is -2.24. The summed E-state index contributed by atoms with van der Waals surface area (Å²) in [7, 11) is 5.70. The van der Waals surface area contributed by atoms with Crippen molar-refractivity contribution in [3.63, 3.8) is 0 Å². The third kappa shape index (κ3) is 2.01. The fourth-order valence-corrected chi connectivity index (χ4v) is 2.75. The molecule has 0 atom stereocenters. The summed E-state index contributed by atoms with van der Waals surface area (Å²) in [5, 5.41) is 0. The van der Waals surface area contributed by atoms with Gasteiger partial charge >= 0.3 is 0 Å². The van der Waals surface area contributed by atoms with Crippen LogP contribution in [-0.4, -0.2) is 38.1 Å². The van der Waals surface area contributed by atoms with Crippen molar-refractivity contribution < 1.29 is 0 Å². The fourth-order valence-electron chi connectivity index (χ4n) is 0.475. The first-order chi connectivity index (χ1) is 3.79. The number of rotatable bonds is 0. The van der Waals surface area contributed by atoms with Crippen LogP contribution in [0, 0.1) is 0 Å². The van der Waals surface area contributed by atoms with Crippen LogP contribution in [-0.2, 0) is 0 Å². The van der Waals surface area contributed by atoms with E-state index in [2.05, 4.69) is 22.2 Å². The van der Waals surface area contributed by atoms with Crippen LogP contribution in [0.4, 0.5) is 0 Å². The van der Waals surface area contributed by atoms with Crippen LogP contribution in [0.15, 0.2) is 0 Å². The van der Waals surface area contributed by atoms with Gasteiger partial charge in [-0.15, -0.1) is 23.5 Å². The van der Waals surface area contributed by atoms with E-state index in [1.165, 1.54) is 0 Å². The van der Waals surface area contributed by atoms with E-state index in [0.29, 0.717) is 4.21 Å². The molecule has 0 N–H and O–H groups in total. The molecule has 1 heterocycles. The van der Waals surface area contributed by atoms with Gasteiger partial charge in [0.2, 0.25) is 0 Å². The van der Waals surface area contributed by atoms with Gasteiger partial charge in [-0.05, 0) is 7.05 Å². The molecule has 1 fully saturated rings. The molecule has 1 rings (SSSR count). The summed E-state index contributed by atoms with van der Waals surface area (Å²) in [5.41, 5.74) is 0. The van der Waals surface area contributed by atoms with Gasteiger partial charge in [-0.25, -0.2) is 0 Å². The lowest BCUT2D eigenvalue weighted by atomic mass is 11.0. The normalized spacial score (nSPS) is 26.2. The molecule has 0 amide bonds. The predicted molar refractivity (Wildman–Crippen MR) is 42.2 cm³/mol. The summed E-state index contributed by atoms with van der Waals surface area (Å²) in [4.78, 5) is 2.30. The van der Waals surface area contributed by atoms with Gasteiger partial charge in [-0.2, -0.15) is 0 Å². The Bertz CT molecular complexity index is 62.4. The Morgan fingerprint density at radius 3 is 2.38 bits per heavy atom. The highest BCUT2D eigenvalue weighted by Gasteiger charge is 2.11. The van der Waals surface area contributed by atoms with Crippen molar-refractivity contribution >= 4 is 33.8 Å². The summed E-state index contributed by atoms with van der Waals surface area (Å²) in [6, 6.07) is 0. The molecule has 45 valence electrons. The van der Waals surface area contributed by atoms with Crippen LogP contribution in [0.25, 0.3) is 0 Å². The van der Waals surface area contributed by atoms with Gasteiger partial charge in [0.15, 0.2) is 0 Å². The maximum Gasteiger partial charge on any atom is 0.0567 e. The van der Waals surface area contributed by atoms with Crippen molar-refractivity contribution in [2.24, 2.45) is 0 Å². The number of thioether (sulfide) groups is 2. The van der Waals surface area contributed by atoms with Crippen LogP contribution in [0.1, 0.15) is 0 Å². The number of hydrogen-bond donors (Lipinski definition) is 0. The second-order valence-electron chi connectivity index (χ2n) is 1.78. The molecule has 8 heavy (non-hydrogen) atoms. The van der Waals surface area contributed by atoms with Gasteiger partial charge in [0.05, 0.1) is 10.2 Å². The zero-order valence-corrected chi connectivity index (χ0v) is 7.39. The smallest absolute Gasteiger partial charge is 0.0567 e. The third-order valence-electron chi connectivity index (χ3n) is 0.893. The zero-order chi connectivity index (χ0) is 5.98. The first-order valence-electron chi connectivity index (χ1n) is 2.42. The molecule has 0 aliphatic carbocycles. The third-order valence-corrected chi connectivity index (χ3v) is 4.49. The molecule has 1 saturated heterocycles. The van der Waals surface area contributed by atoms with Crippen LogP contribution in [0.2, 0.25) is 0 Å². The minimum atomic E-state index is 0.617. The largest absolute Gasteiger partial charge is 0.288 e. The Morgan fingerprint density at radius 1 is 1.50 bits per heavy atom. The summed E-state index contributed by atoms with van der Waals surface area (Å²) >= 11 is 3.86. The molecular formula is C4H8NS2Si. The molecule has 1 aliphatic rings. The molecule has 0 bridgehead atoms. The molecule has 1 nitrogen and oxygen atoms in total. The van der Waals surface area contributed by atoms with Crippen molar-refractivity contribution in [3.8, 4) is 0 Å². The zero-order valence-electron chi connectivity index (χ0n) is 4.76. The van der Waals surface area contributed by atoms with E-state index in [4.69, 9.17) is 0 Å². The predicted octanol–water partition coefficient (Wildman–Crippen LogP) is 0.765. The molecule has 4 heteroatoms. The van der Waals surface area contributed by atoms with E-state index in [-0.39, 0.29) is 0 Å². The Balaban J connectivity index is 2.19. The summed E-state index contributed by atoms with van der Waals surface area (Å²) in [5.74, 6) is 2.31. The SMILES string of the molecule is CN1CSC([Si])SC1. The van der Waals surface area contributed by atoms with Crippen molar-refractivity contribution in [2.75, 3.05) is 18.8 Å². The molecule has 0 aromatic heterocycles. The van der Waals surface area contributed by atoms with Crippen LogP contribution < -0.4 is 0 Å². The maximum absolute atomic E-state index is 3.56. The summed E-state index contributed by atoms with van der Waals surface area (Å²) < 4.78 is 0.617. The molecule has 0 aromatic carbocycles. The monoisotopic (exact) mass is 162 g/mol. The van der Waals surface area contributed by atoms with Crippen molar-refractivity contribution in [3.05, 3.63) is 0 Å². The first-order valence-corrected chi connectivity index (χ1v) is 5.09. The number of nitrogens with zero attached hydrogens (tertiary/aromatic N) is 1. The molecule has 3 radical (unpaired) electrons. The fraction of sp³-hybridized carbons (Fsp3) is 1.00. The van der Waals surface area contributed by atoms with Gasteiger partial charge in [0.1, 0.15) is 0 Å². The van der Waals surface area contributed by atoms with Crippen molar-refractivity contribution in [1.82, 2.24) is 4.90 Å². The minimum absolute atomic E-state index is 0.617. The van der Waals surface area contributed by atoms with E-state index >= 15 is 0 Å². The van der Waals surface area contributed by atoms with Gasteiger partial charge in [-0.1, -0.05) is 0 Å². The topological polar surface area (TPSA) is 3.24 Å². The maximum atomic E-state index is 3.56. The van der Waals surface area contributed by atoms with Crippen LogP contribution >= 0.6 is 23.5 Å². The Morgan fingerprint density at radius 2 is 2.00 bits per heavy atom. The second-order valence-corrected chi connectivity index (χ2v) is 5.62. The van der Waals surface area contributed by atoms with Crippen LogP contribution in [0.3, 0.4) is 0 Å². The highest BCUT2D eigenvalue weighted by Crippen LogP contribution is 2.26. The first kappa shape index (κ1) is 6.99. The second kappa shape index (κ2) is 3.15. The van der Waals surface area contributed by atoms with E-state index in [1.54, 1.807) is 0 Å². The highest BCUT2D eigenvalue weighted by molar-refractivity contribution is 8.19. The lowest BCUT2D eigenvalue weighted by molar-refractivity contribution is 0.463. The van der Waals surface area contributed by atoms with Crippen molar-refractivity contribution in [2.45, 2.75) is 4.21 Å². The van der Waals surface area contributed by atoms with Gasteiger partial charge in [-0.3, -0.25) is 4.90 Å². The molecule has 0 aromatic rings. The minimum Gasteiger partial charge on any atom is -0.288 e. The van der Waals surface area contributed by atoms with Crippen molar-refractivity contribution in [1.29, 1.82) is 0 Å². The van der Waals surface area contributed by atoms with E-state index < -0.39 is 0 Å². The quantitative estimate of drug-likeness (QED) is 0.484. The average molecular weight is 162 g/mol. The van der Waals surface area contributed by atoms with Gasteiger partial charge in [0.25, 0.3) is 0 Å². The van der Waals surface area contributed by atoms with Gasteiger partial charge in [0, 0.05) is 16.0 Å². The standard InChI is InChI=1S/C4H8NS2Si/c1-5-2-6-4(8)7-3-5/h4H,2-3H2,1H3. The molecule has 0 saturated carbocycles. The molecule has 0 unspecified atom stereocenters. The molecular weight excluding hydrogens is 154 g/mol.